The molecule has 2 N–H and O–H groups in total. The number of aliphatic hydroxyl groups is 1. The van der Waals surface area contributed by atoms with Crippen LogP contribution in [0.2, 0.25) is 0 Å². The van der Waals surface area contributed by atoms with Gasteiger partial charge in [0.05, 0.1) is 0 Å². The van der Waals surface area contributed by atoms with E-state index in [1.54, 1.807) is 0 Å². The summed E-state index contributed by atoms with van der Waals surface area (Å²) in [5, 5.41) is 13.1. The van der Waals surface area contributed by atoms with Crippen LogP contribution in [0.5, 0.6) is 5.75 Å². The molecule has 0 radical (unpaired) electrons. The number of hydrogen-bond donors (Lipinski definition) is 2. The fourth-order valence-corrected chi connectivity index (χ4v) is 2.39. The molecule has 2 aromatic rings. The van der Waals surface area contributed by atoms with Crippen molar-refractivity contribution in [3.05, 3.63) is 58.6 Å². The maximum atomic E-state index is 9.91. The van der Waals surface area contributed by atoms with E-state index >= 15 is 0 Å². The summed E-state index contributed by atoms with van der Waals surface area (Å²) < 4.78 is 6.50. The largest absolute Gasteiger partial charge is 0.491 e. The van der Waals surface area contributed by atoms with E-state index in [4.69, 9.17) is 4.74 Å². The van der Waals surface area contributed by atoms with E-state index < -0.39 is 6.10 Å². The first-order valence-electron chi connectivity index (χ1n) is 6.51. The van der Waals surface area contributed by atoms with E-state index in [-0.39, 0.29) is 6.61 Å². The number of hydrogen-bond acceptors (Lipinski definition) is 3. The molecule has 0 aromatic heterocycles. The van der Waals surface area contributed by atoms with Crippen molar-refractivity contribution >= 4 is 21.6 Å². The molecule has 0 aliphatic rings. The Balaban J connectivity index is 1.79. The lowest BCUT2D eigenvalue weighted by atomic mass is 10.2. The van der Waals surface area contributed by atoms with Gasteiger partial charge in [0.2, 0.25) is 0 Å². The van der Waals surface area contributed by atoms with Gasteiger partial charge in [0.15, 0.2) is 0 Å². The normalized spacial score (nSPS) is 11.9. The van der Waals surface area contributed by atoms with Crippen molar-refractivity contribution in [3.8, 4) is 5.75 Å². The lowest BCUT2D eigenvalue weighted by molar-refractivity contribution is 0.117. The third-order valence-corrected chi connectivity index (χ3v) is 3.49. The summed E-state index contributed by atoms with van der Waals surface area (Å²) >= 11 is 3.50. The van der Waals surface area contributed by atoms with E-state index in [0.29, 0.717) is 6.54 Å². The van der Waals surface area contributed by atoms with Gasteiger partial charge in [-0.25, -0.2) is 0 Å². The number of benzene rings is 2. The second-order valence-electron chi connectivity index (χ2n) is 4.64. The average molecular weight is 336 g/mol. The molecule has 20 heavy (non-hydrogen) atoms. The van der Waals surface area contributed by atoms with Gasteiger partial charge in [-0.15, -0.1) is 0 Å². The lowest BCUT2D eigenvalue weighted by Crippen LogP contribution is -2.26. The molecule has 4 heteroatoms. The molecule has 0 spiro atoms. The number of nitrogens with one attached hydrogen (secondary N) is 1. The van der Waals surface area contributed by atoms with Gasteiger partial charge in [-0.3, -0.25) is 0 Å². The Morgan fingerprint density at radius 3 is 2.65 bits per heavy atom. The SMILES string of the molecule is Cc1ccc(NCC(O)COc2ccccc2)c(Br)c1. The first-order chi connectivity index (χ1) is 9.65. The molecule has 1 unspecified atom stereocenters. The van der Waals surface area contributed by atoms with Crippen LogP contribution in [0.3, 0.4) is 0 Å². The van der Waals surface area contributed by atoms with Gasteiger partial charge in [0.1, 0.15) is 18.5 Å². The summed E-state index contributed by atoms with van der Waals surface area (Å²) in [6.07, 6.45) is -0.566. The van der Waals surface area contributed by atoms with Crippen molar-refractivity contribution < 1.29 is 9.84 Å². The fourth-order valence-electron chi connectivity index (χ4n) is 1.76. The zero-order valence-corrected chi connectivity index (χ0v) is 12.9. The number of rotatable bonds is 6. The number of aryl methyl sites for hydroxylation is 1. The first-order valence-corrected chi connectivity index (χ1v) is 7.30. The molecule has 0 bridgehead atoms. The smallest absolute Gasteiger partial charge is 0.119 e. The Labute approximate surface area is 127 Å². The predicted octanol–water partition coefficient (Wildman–Crippen LogP) is 3.61. The summed E-state index contributed by atoms with van der Waals surface area (Å²) in [6.45, 7) is 2.74. The average Bonchev–Trinajstić information content (AvgIpc) is 2.45. The number of halogens is 1. The minimum Gasteiger partial charge on any atom is -0.491 e. The Bertz CT molecular complexity index is 545. The highest BCUT2D eigenvalue weighted by molar-refractivity contribution is 9.10. The topological polar surface area (TPSA) is 41.5 Å². The molecule has 0 fully saturated rings. The quantitative estimate of drug-likeness (QED) is 0.847. The van der Waals surface area contributed by atoms with Gasteiger partial charge < -0.3 is 15.2 Å². The van der Waals surface area contributed by atoms with Crippen molar-refractivity contribution in [2.45, 2.75) is 13.0 Å². The molecular weight excluding hydrogens is 318 g/mol. The fraction of sp³-hybridized carbons (Fsp3) is 0.250. The van der Waals surface area contributed by atoms with E-state index in [2.05, 4.69) is 21.2 Å². The number of para-hydroxylation sites is 1. The van der Waals surface area contributed by atoms with Gasteiger partial charge in [0, 0.05) is 16.7 Å². The molecule has 0 amide bonds. The maximum absolute atomic E-state index is 9.91. The van der Waals surface area contributed by atoms with E-state index in [1.165, 1.54) is 5.56 Å². The third-order valence-electron chi connectivity index (χ3n) is 2.84. The van der Waals surface area contributed by atoms with Crippen LogP contribution in [0, 0.1) is 6.92 Å². The summed E-state index contributed by atoms with van der Waals surface area (Å²) in [4.78, 5) is 0. The van der Waals surface area contributed by atoms with Crippen molar-refractivity contribution in [2.75, 3.05) is 18.5 Å². The highest BCUT2D eigenvalue weighted by Crippen LogP contribution is 2.23. The van der Waals surface area contributed by atoms with E-state index in [1.807, 2.05) is 55.5 Å². The number of anilines is 1. The van der Waals surface area contributed by atoms with Crippen LogP contribution in [0.1, 0.15) is 5.56 Å². The number of ether oxygens (including phenoxy) is 1. The summed E-state index contributed by atoms with van der Waals surface area (Å²) in [5.41, 5.74) is 2.16. The molecular formula is C16H18BrNO2. The molecule has 0 heterocycles. The van der Waals surface area contributed by atoms with Crippen molar-refractivity contribution in [1.82, 2.24) is 0 Å². The monoisotopic (exact) mass is 335 g/mol. The van der Waals surface area contributed by atoms with Crippen LogP contribution in [-0.2, 0) is 0 Å². The Morgan fingerprint density at radius 2 is 1.95 bits per heavy atom. The third kappa shape index (κ3) is 4.54. The Kier molecular flexibility index (Phi) is 5.44. The molecule has 106 valence electrons. The second kappa shape index (κ2) is 7.31. The van der Waals surface area contributed by atoms with Gasteiger partial charge >= 0.3 is 0 Å². The van der Waals surface area contributed by atoms with E-state index in [0.717, 1.165) is 15.9 Å². The van der Waals surface area contributed by atoms with Gasteiger partial charge in [0.25, 0.3) is 0 Å². The van der Waals surface area contributed by atoms with Crippen molar-refractivity contribution in [2.24, 2.45) is 0 Å². The number of aliphatic hydroxyl groups excluding tert-OH is 1. The highest BCUT2D eigenvalue weighted by atomic mass is 79.9. The van der Waals surface area contributed by atoms with Crippen LogP contribution in [-0.4, -0.2) is 24.4 Å². The highest BCUT2D eigenvalue weighted by Gasteiger charge is 2.06. The molecule has 0 aliphatic carbocycles. The second-order valence-corrected chi connectivity index (χ2v) is 5.50. The van der Waals surface area contributed by atoms with Gasteiger partial charge in [-0.1, -0.05) is 24.3 Å². The summed E-state index contributed by atoms with van der Waals surface area (Å²) in [7, 11) is 0. The van der Waals surface area contributed by atoms with Gasteiger partial charge in [-0.2, -0.15) is 0 Å². The molecule has 2 rings (SSSR count). The summed E-state index contributed by atoms with van der Waals surface area (Å²) in [5.74, 6) is 0.767. The molecule has 0 saturated carbocycles. The molecule has 0 saturated heterocycles. The lowest BCUT2D eigenvalue weighted by Gasteiger charge is -2.15. The van der Waals surface area contributed by atoms with Crippen LogP contribution >= 0.6 is 15.9 Å². The standard InChI is InChI=1S/C16H18BrNO2/c1-12-7-8-16(15(17)9-12)18-10-13(19)11-20-14-5-3-2-4-6-14/h2-9,13,18-19H,10-11H2,1H3. The predicted molar refractivity (Wildman–Crippen MR) is 85.3 cm³/mol. The van der Waals surface area contributed by atoms with Crippen molar-refractivity contribution in [1.29, 1.82) is 0 Å². The van der Waals surface area contributed by atoms with Crippen LogP contribution in [0.15, 0.2) is 53.0 Å². The Morgan fingerprint density at radius 1 is 1.20 bits per heavy atom. The van der Waals surface area contributed by atoms with Gasteiger partial charge in [-0.05, 0) is 52.7 Å². The summed E-state index contributed by atoms with van der Waals surface area (Å²) in [6, 6.07) is 15.5. The Hall–Kier alpha value is -1.52. The molecule has 0 aliphatic heterocycles. The molecule has 3 nitrogen and oxygen atoms in total. The zero-order valence-electron chi connectivity index (χ0n) is 11.3. The minimum atomic E-state index is -0.566. The molecule has 1 atom stereocenters. The van der Waals surface area contributed by atoms with Crippen LogP contribution in [0.4, 0.5) is 5.69 Å². The van der Waals surface area contributed by atoms with Crippen molar-refractivity contribution in [3.63, 3.8) is 0 Å². The van der Waals surface area contributed by atoms with Crippen LogP contribution in [0.25, 0.3) is 0 Å². The maximum Gasteiger partial charge on any atom is 0.119 e. The zero-order chi connectivity index (χ0) is 14.4. The first kappa shape index (κ1) is 14.9. The minimum absolute atomic E-state index is 0.264. The van der Waals surface area contributed by atoms with E-state index in [9.17, 15) is 5.11 Å². The molecule has 2 aromatic carbocycles. The van der Waals surface area contributed by atoms with Crippen LogP contribution < -0.4 is 10.1 Å².